The molecule has 0 fully saturated rings. The number of carbonyl (C=O) groups excluding carboxylic acids is 1. The molecule has 1 atom stereocenters. The molecule has 20 heavy (non-hydrogen) atoms. The van der Waals surface area contributed by atoms with E-state index in [0.717, 1.165) is 0 Å². The number of Topliss-reactive ketones (excluding diaryl/α,β-unsaturated/α-hetero) is 1. The van der Waals surface area contributed by atoms with Gasteiger partial charge in [-0.3, -0.25) is 4.79 Å². The van der Waals surface area contributed by atoms with Crippen LogP contribution in [0.3, 0.4) is 0 Å². The number of aliphatic hydroxyl groups is 1. The lowest BCUT2D eigenvalue weighted by Gasteiger charge is -2.16. The average Bonchev–Trinajstić information content (AvgIpc) is 2.48. The number of carbonyl (C=O) groups is 1. The Hall–Kier alpha value is -2.20. The number of halogens is 1. The maximum Gasteiger partial charge on any atom is 0.202 e. The monoisotopic (exact) mass is 274 g/mol. The fourth-order valence-corrected chi connectivity index (χ4v) is 1.84. The predicted octanol–water partition coefficient (Wildman–Crippen LogP) is 2.97. The van der Waals surface area contributed by atoms with Crippen molar-refractivity contribution in [3.8, 4) is 5.75 Å². The molecular weight excluding hydrogens is 259 g/mol. The van der Waals surface area contributed by atoms with Gasteiger partial charge in [0.25, 0.3) is 0 Å². The Balaban J connectivity index is 2.13. The smallest absolute Gasteiger partial charge is 0.202 e. The molecule has 0 heterocycles. The SMILES string of the molecule is CC(Oc1ccccc1CO)C(=O)c1ccc(F)cc1. The van der Waals surface area contributed by atoms with Gasteiger partial charge in [0.1, 0.15) is 11.6 Å². The minimum Gasteiger partial charge on any atom is -0.482 e. The maximum absolute atomic E-state index is 12.8. The molecule has 1 unspecified atom stereocenters. The van der Waals surface area contributed by atoms with Crippen LogP contribution < -0.4 is 4.74 Å². The van der Waals surface area contributed by atoms with E-state index in [0.29, 0.717) is 16.9 Å². The van der Waals surface area contributed by atoms with Gasteiger partial charge in [0.05, 0.1) is 6.61 Å². The summed E-state index contributed by atoms with van der Waals surface area (Å²) >= 11 is 0. The number of rotatable bonds is 5. The van der Waals surface area contributed by atoms with E-state index in [2.05, 4.69) is 0 Å². The second-order valence-electron chi connectivity index (χ2n) is 4.40. The summed E-state index contributed by atoms with van der Waals surface area (Å²) in [5.74, 6) is -0.156. The Kier molecular flexibility index (Phi) is 4.48. The van der Waals surface area contributed by atoms with E-state index in [4.69, 9.17) is 4.74 Å². The van der Waals surface area contributed by atoms with Gasteiger partial charge in [-0.05, 0) is 37.3 Å². The molecule has 2 rings (SSSR count). The number of hydrogen-bond acceptors (Lipinski definition) is 3. The molecule has 3 nitrogen and oxygen atoms in total. The van der Waals surface area contributed by atoms with Crippen molar-refractivity contribution in [1.82, 2.24) is 0 Å². The molecule has 0 aliphatic rings. The summed E-state index contributed by atoms with van der Waals surface area (Å²) in [6, 6.07) is 12.3. The molecule has 104 valence electrons. The molecule has 2 aromatic rings. The van der Waals surface area contributed by atoms with Gasteiger partial charge in [-0.25, -0.2) is 4.39 Å². The van der Waals surface area contributed by atoms with Crippen molar-refractivity contribution in [3.05, 3.63) is 65.5 Å². The van der Waals surface area contributed by atoms with Gasteiger partial charge < -0.3 is 9.84 Å². The van der Waals surface area contributed by atoms with Crippen LogP contribution in [0.5, 0.6) is 5.75 Å². The number of para-hydroxylation sites is 1. The highest BCUT2D eigenvalue weighted by Gasteiger charge is 2.18. The fraction of sp³-hybridized carbons (Fsp3) is 0.188. The molecule has 0 aliphatic carbocycles. The van der Waals surface area contributed by atoms with E-state index < -0.39 is 6.10 Å². The van der Waals surface area contributed by atoms with Gasteiger partial charge >= 0.3 is 0 Å². The zero-order chi connectivity index (χ0) is 14.5. The normalized spacial score (nSPS) is 11.9. The minimum atomic E-state index is -0.715. The number of ketones is 1. The summed E-state index contributed by atoms with van der Waals surface area (Å²) in [5, 5.41) is 9.21. The van der Waals surface area contributed by atoms with E-state index in [-0.39, 0.29) is 18.2 Å². The van der Waals surface area contributed by atoms with Crippen molar-refractivity contribution in [2.45, 2.75) is 19.6 Å². The van der Waals surface area contributed by atoms with Crippen LogP contribution in [0.15, 0.2) is 48.5 Å². The molecule has 2 aromatic carbocycles. The van der Waals surface area contributed by atoms with Crippen molar-refractivity contribution in [3.63, 3.8) is 0 Å². The van der Waals surface area contributed by atoms with Gasteiger partial charge in [0.15, 0.2) is 6.10 Å². The van der Waals surface area contributed by atoms with E-state index in [1.807, 2.05) is 0 Å². The highest BCUT2D eigenvalue weighted by molar-refractivity contribution is 5.99. The van der Waals surface area contributed by atoms with Gasteiger partial charge in [0, 0.05) is 11.1 Å². The average molecular weight is 274 g/mol. The highest BCUT2D eigenvalue weighted by atomic mass is 19.1. The Morgan fingerprint density at radius 1 is 1.20 bits per heavy atom. The minimum absolute atomic E-state index is 0.159. The van der Waals surface area contributed by atoms with Crippen molar-refractivity contribution in [1.29, 1.82) is 0 Å². The van der Waals surface area contributed by atoms with Crippen molar-refractivity contribution >= 4 is 5.78 Å². The molecule has 0 bridgehead atoms. The molecular formula is C16H15FO3. The van der Waals surface area contributed by atoms with Crippen LogP contribution in [-0.2, 0) is 6.61 Å². The first-order valence-corrected chi connectivity index (χ1v) is 6.27. The molecule has 0 radical (unpaired) electrons. The molecule has 0 aliphatic heterocycles. The molecule has 1 N–H and O–H groups in total. The van der Waals surface area contributed by atoms with E-state index in [9.17, 15) is 14.3 Å². The van der Waals surface area contributed by atoms with Gasteiger partial charge in [0.2, 0.25) is 5.78 Å². The first-order chi connectivity index (χ1) is 9.61. The quantitative estimate of drug-likeness (QED) is 0.853. The first kappa shape index (κ1) is 14.2. The Morgan fingerprint density at radius 3 is 2.50 bits per heavy atom. The third kappa shape index (κ3) is 3.22. The van der Waals surface area contributed by atoms with Crippen molar-refractivity contribution < 1.29 is 19.0 Å². The van der Waals surface area contributed by atoms with Crippen LogP contribution in [0.1, 0.15) is 22.8 Å². The zero-order valence-electron chi connectivity index (χ0n) is 11.0. The van der Waals surface area contributed by atoms with Crippen LogP contribution in [0.25, 0.3) is 0 Å². The molecule has 0 aromatic heterocycles. The lowest BCUT2D eigenvalue weighted by molar-refractivity contribution is 0.0814. The third-order valence-corrected chi connectivity index (χ3v) is 2.94. The first-order valence-electron chi connectivity index (χ1n) is 6.27. The van der Waals surface area contributed by atoms with Crippen LogP contribution in [0.2, 0.25) is 0 Å². The van der Waals surface area contributed by atoms with Crippen molar-refractivity contribution in [2.75, 3.05) is 0 Å². The Labute approximate surface area is 116 Å². The lowest BCUT2D eigenvalue weighted by Crippen LogP contribution is -2.24. The molecule has 0 saturated heterocycles. The van der Waals surface area contributed by atoms with Crippen LogP contribution in [0, 0.1) is 5.82 Å². The van der Waals surface area contributed by atoms with Crippen molar-refractivity contribution in [2.24, 2.45) is 0 Å². The Bertz CT molecular complexity index is 593. The number of aliphatic hydroxyl groups excluding tert-OH is 1. The van der Waals surface area contributed by atoms with Crippen LogP contribution >= 0.6 is 0 Å². The Morgan fingerprint density at radius 2 is 1.85 bits per heavy atom. The second kappa shape index (κ2) is 6.30. The third-order valence-electron chi connectivity index (χ3n) is 2.94. The van der Waals surface area contributed by atoms with E-state index >= 15 is 0 Å². The fourth-order valence-electron chi connectivity index (χ4n) is 1.84. The second-order valence-corrected chi connectivity index (χ2v) is 4.40. The topological polar surface area (TPSA) is 46.5 Å². The number of ether oxygens (including phenoxy) is 1. The van der Waals surface area contributed by atoms with E-state index in [1.54, 1.807) is 31.2 Å². The van der Waals surface area contributed by atoms with E-state index in [1.165, 1.54) is 24.3 Å². The summed E-state index contributed by atoms with van der Waals surface area (Å²) in [5.41, 5.74) is 1.01. The standard InChI is InChI=1S/C16H15FO3/c1-11(16(19)12-6-8-14(17)9-7-12)20-15-5-3-2-4-13(15)10-18/h2-9,11,18H,10H2,1H3. The predicted molar refractivity (Wildman–Crippen MR) is 73.2 cm³/mol. The summed E-state index contributed by atoms with van der Waals surface area (Å²) in [4.78, 5) is 12.1. The van der Waals surface area contributed by atoms with Gasteiger partial charge in [-0.1, -0.05) is 18.2 Å². The van der Waals surface area contributed by atoms with Crippen LogP contribution in [-0.4, -0.2) is 17.0 Å². The molecule has 0 saturated carbocycles. The lowest BCUT2D eigenvalue weighted by atomic mass is 10.1. The molecule has 0 amide bonds. The summed E-state index contributed by atoms with van der Waals surface area (Å²) in [6.07, 6.45) is -0.715. The summed E-state index contributed by atoms with van der Waals surface area (Å²) in [6.45, 7) is 1.47. The number of hydrogen-bond donors (Lipinski definition) is 1. The molecule has 4 heteroatoms. The van der Waals surface area contributed by atoms with Crippen LogP contribution in [0.4, 0.5) is 4.39 Å². The highest BCUT2D eigenvalue weighted by Crippen LogP contribution is 2.20. The summed E-state index contributed by atoms with van der Waals surface area (Å²) < 4.78 is 18.4. The van der Waals surface area contributed by atoms with Gasteiger partial charge in [-0.15, -0.1) is 0 Å². The summed E-state index contributed by atoms with van der Waals surface area (Å²) in [7, 11) is 0. The largest absolute Gasteiger partial charge is 0.482 e. The molecule has 0 spiro atoms. The van der Waals surface area contributed by atoms with Gasteiger partial charge in [-0.2, -0.15) is 0 Å². The zero-order valence-corrected chi connectivity index (χ0v) is 11.0. The maximum atomic E-state index is 12.8. The number of benzene rings is 2.